The molecule has 0 amide bonds. The minimum absolute atomic E-state index is 0.0146. The molecule has 0 aromatic carbocycles. The molecule has 0 fully saturated rings. The summed E-state index contributed by atoms with van der Waals surface area (Å²) >= 11 is 1.23. The first-order chi connectivity index (χ1) is 10.0. The Hall–Kier alpha value is -1.08. The van der Waals surface area contributed by atoms with E-state index in [1.54, 1.807) is 0 Å². The van der Waals surface area contributed by atoms with Crippen LogP contribution in [0.15, 0.2) is 5.16 Å². The van der Waals surface area contributed by atoms with Crippen LogP contribution in [0, 0.1) is 0 Å². The SMILES string of the molecule is CCCc1nnc(SCC(=O)O)n1CCCCOC(C)C. The second-order valence-electron chi connectivity index (χ2n) is 5.11. The van der Waals surface area contributed by atoms with Gasteiger partial charge in [0.1, 0.15) is 5.82 Å². The van der Waals surface area contributed by atoms with Gasteiger partial charge in [-0.3, -0.25) is 4.79 Å². The topological polar surface area (TPSA) is 77.2 Å². The van der Waals surface area contributed by atoms with E-state index in [0.717, 1.165) is 44.7 Å². The number of unbranched alkanes of at least 4 members (excludes halogenated alkanes) is 1. The van der Waals surface area contributed by atoms with Crippen molar-refractivity contribution in [3.05, 3.63) is 5.82 Å². The van der Waals surface area contributed by atoms with Gasteiger partial charge in [0, 0.05) is 19.6 Å². The molecule has 0 saturated carbocycles. The third-order valence-electron chi connectivity index (χ3n) is 2.82. The first-order valence-electron chi connectivity index (χ1n) is 7.42. The number of carboxylic acids is 1. The monoisotopic (exact) mass is 315 g/mol. The molecule has 0 aliphatic rings. The molecule has 0 saturated heterocycles. The molecule has 0 unspecified atom stereocenters. The van der Waals surface area contributed by atoms with E-state index in [4.69, 9.17) is 9.84 Å². The highest BCUT2D eigenvalue weighted by atomic mass is 32.2. The molecule has 1 aromatic rings. The Morgan fingerprint density at radius 1 is 1.38 bits per heavy atom. The second kappa shape index (κ2) is 9.78. The van der Waals surface area contributed by atoms with Gasteiger partial charge in [-0.1, -0.05) is 18.7 Å². The Morgan fingerprint density at radius 2 is 2.14 bits per heavy atom. The number of nitrogens with zero attached hydrogens (tertiary/aromatic N) is 3. The van der Waals surface area contributed by atoms with E-state index in [0.29, 0.717) is 5.16 Å². The maximum absolute atomic E-state index is 10.7. The highest BCUT2D eigenvalue weighted by Crippen LogP contribution is 2.18. The Bertz CT molecular complexity index is 435. The van der Waals surface area contributed by atoms with Crippen molar-refractivity contribution in [3.63, 3.8) is 0 Å². The third-order valence-corrected chi connectivity index (χ3v) is 3.77. The van der Waals surface area contributed by atoms with E-state index in [-0.39, 0.29) is 11.9 Å². The van der Waals surface area contributed by atoms with Gasteiger partial charge in [-0.25, -0.2) is 0 Å². The molecule has 1 rings (SSSR count). The fraction of sp³-hybridized carbons (Fsp3) is 0.786. The van der Waals surface area contributed by atoms with Crippen LogP contribution >= 0.6 is 11.8 Å². The van der Waals surface area contributed by atoms with Crippen LogP contribution in [-0.4, -0.2) is 44.3 Å². The number of ether oxygens (including phenoxy) is 1. The summed E-state index contributed by atoms with van der Waals surface area (Å²) in [5, 5.41) is 17.8. The minimum Gasteiger partial charge on any atom is -0.481 e. The number of aryl methyl sites for hydroxylation is 1. The quantitative estimate of drug-likeness (QED) is 0.499. The predicted molar refractivity (Wildman–Crippen MR) is 82.7 cm³/mol. The number of thioether (sulfide) groups is 1. The van der Waals surface area contributed by atoms with E-state index in [1.165, 1.54) is 11.8 Å². The third kappa shape index (κ3) is 6.95. The number of hydrogen-bond acceptors (Lipinski definition) is 5. The lowest BCUT2D eigenvalue weighted by atomic mass is 10.3. The Balaban J connectivity index is 2.54. The average molecular weight is 315 g/mol. The number of carbonyl (C=O) groups is 1. The number of hydrogen-bond donors (Lipinski definition) is 1. The molecular weight excluding hydrogens is 290 g/mol. The van der Waals surface area contributed by atoms with Gasteiger partial charge in [0.25, 0.3) is 0 Å². The summed E-state index contributed by atoms with van der Waals surface area (Å²) in [6.07, 6.45) is 4.08. The molecular formula is C14H25N3O3S. The summed E-state index contributed by atoms with van der Waals surface area (Å²) in [7, 11) is 0. The van der Waals surface area contributed by atoms with Crippen LogP contribution < -0.4 is 0 Å². The van der Waals surface area contributed by atoms with Crippen LogP contribution in [0.5, 0.6) is 0 Å². The largest absolute Gasteiger partial charge is 0.481 e. The lowest BCUT2D eigenvalue weighted by Crippen LogP contribution is -2.09. The standard InChI is InChI=1S/C14H25N3O3S/c1-4-7-12-15-16-14(21-10-13(18)19)17(12)8-5-6-9-20-11(2)3/h11H,4-10H2,1-3H3,(H,18,19). The van der Waals surface area contributed by atoms with Crippen molar-refractivity contribution in [1.29, 1.82) is 0 Å². The van der Waals surface area contributed by atoms with Crippen molar-refractivity contribution in [1.82, 2.24) is 14.8 Å². The zero-order valence-electron chi connectivity index (χ0n) is 13.0. The highest BCUT2D eigenvalue weighted by molar-refractivity contribution is 7.99. The van der Waals surface area contributed by atoms with Crippen molar-refractivity contribution in [2.24, 2.45) is 0 Å². The van der Waals surface area contributed by atoms with E-state index < -0.39 is 5.97 Å². The normalized spacial score (nSPS) is 11.2. The van der Waals surface area contributed by atoms with Crippen LogP contribution in [0.4, 0.5) is 0 Å². The molecule has 0 radical (unpaired) electrons. The van der Waals surface area contributed by atoms with Gasteiger partial charge in [0.2, 0.25) is 0 Å². The Morgan fingerprint density at radius 3 is 2.76 bits per heavy atom. The van der Waals surface area contributed by atoms with Gasteiger partial charge in [-0.15, -0.1) is 10.2 Å². The lowest BCUT2D eigenvalue weighted by molar-refractivity contribution is -0.133. The molecule has 0 spiro atoms. The molecule has 1 N–H and O–H groups in total. The summed E-state index contributed by atoms with van der Waals surface area (Å²) in [5.74, 6) is 0.118. The summed E-state index contributed by atoms with van der Waals surface area (Å²) in [6.45, 7) is 7.71. The average Bonchev–Trinajstić information content (AvgIpc) is 2.79. The van der Waals surface area contributed by atoms with Crippen molar-refractivity contribution >= 4 is 17.7 Å². The summed E-state index contributed by atoms with van der Waals surface area (Å²) in [4.78, 5) is 10.7. The van der Waals surface area contributed by atoms with Crippen LogP contribution in [0.3, 0.4) is 0 Å². The first-order valence-corrected chi connectivity index (χ1v) is 8.41. The van der Waals surface area contributed by atoms with Gasteiger partial charge in [0.15, 0.2) is 5.16 Å². The Kier molecular flexibility index (Phi) is 8.37. The van der Waals surface area contributed by atoms with Crippen LogP contribution in [0.2, 0.25) is 0 Å². The Labute approximate surface area is 130 Å². The molecule has 7 heteroatoms. The molecule has 6 nitrogen and oxygen atoms in total. The van der Waals surface area contributed by atoms with Crippen molar-refractivity contribution in [3.8, 4) is 0 Å². The highest BCUT2D eigenvalue weighted by Gasteiger charge is 2.13. The predicted octanol–water partition coefficient (Wildman–Crippen LogP) is 2.61. The van der Waals surface area contributed by atoms with Crippen LogP contribution in [-0.2, 0) is 22.5 Å². The van der Waals surface area contributed by atoms with Crippen LogP contribution in [0.25, 0.3) is 0 Å². The molecule has 1 heterocycles. The number of carboxylic acid groups (broad SMARTS) is 1. The maximum atomic E-state index is 10.7. The lowest BCUT2D eigenvalue weighted by Gasteiger charge is -2.10. The summed E-state index contributed by atoms with van der Waals surface area (Å²) in [5.41, 5.74) is 0. The van der Waals surface area contributed by atoms with E-state index in [2.05, 4.69) is 17.1 Å². The zero-order valence-corrected chi connectivity index (χ0v) is 13.9. The minimum atomic E-state index is -0.836. The van der Waals surface area contributed by atoms with Crippen molar-refractivity contribution in [2.45, 2.75) is 64.3 Å². The second-order valence-corrected chi connectivity index (χ2v) is 6.05. The van der Waals surface area contributed by atoms with E-state index in [9.17, 15) is 4.79 Å². The van der Waals surface area contributed by atoms with Gasteiger partial charge < -0.3 is 14.4 Å². The van der Waals surface area contributed by atoms with Crippen molar-refractivity contribution in [2.75, 3.05) is 12.4 Å². The smallest absolute Gasteiger partial charge is 0.313 e. The fourth-order valence-electron chi connectivity index (χ4n) is 1.88. The molecule has 120 valence electrons. The van der Waals surface area contributed by atoms with Gasteiger partial charge in [0.05, 0.1) is 11.9 Å². The fourth-order valence-corrected chi connectivity index (χ4v) is 2.58. The summed E-state index contributed by atoms with van der Waals surface area (Å²) < 4.78 is 7.57. The van der Waals surface area contributed by atoms with Gasteiger partial charge in [-0.05, 0) is 33.1 Å². The summed E-state index contributed by atoms with van der Waals surface area (Å²) in [6, 6.07) is 0. The van der Waals surface area contributed by atoms with Gasteiger partial charge in [-0.2, -0.15) is 0 Å². The first kappa shape index (κ1) is 18.0. The van der Waals surface area contributed by atoms with Crippen molar-refractivity contribution < 1.29 is 14.6 Å². The van der Waals surface area contributed by atoms with Crippen LogP contribution in [0.1, 0.15) is 45.9 Å². The number of aromatic nitrogens is 3. The molecule has 0 atom stereocenters. The molecule has 0 bridgehead atoms. The van der Waals surface area contributed by atoms with E-state index in [1.807, 2.05) is 18.4 Å². The molecule has 21 heavy (non-hydrogen) atoms. The zero-order chi connectivity index (χ0) is 15.7. The maximum Gasteiger partial charge on any atom is 0.313 e. The number of aliphatic carboxylic acids is 1. The number of rotatable bonds is 11. The molecule has 0 aliphatic carbocycles. The van der Waals surface area contributed by atoms with E-state index >= 15 is 0 Å². The molecule has 0 aliphatic heterocycles. The van der Waals surface area contributed by atoms with Gasteiger partial charge >= 0.3 is 5.97 Å². The molecule has 1 aromatic heterocycles.